The zero-order valence-corrected chi connectivity index (χ0v) is 22.2. The second-order valence-electron chi connectivity index (χ2n) is 8.78. The SMILES string of the molecule is COc1cc([C@@H]2CC=C(C(=O)O)[C@H](c3ccc(F)cc3)N2S(=O)(=O)c2ccc(C)cc2)cc(OC)c1OC. The van der Waals surface area contributed by atoms with Gasteiger partial charge in [0.1, 0.15) is 5.82 Å². The molecule has 0 aliphatic carbocycles. The van der Waals surface area contributed by atoms with Crippen LogP contribution >= 0.6 is 0 Å². The number of hydrogen-bond acceptors (Lipinski definition) is 6. The molecule has 4 rings (SSSR count). The van der Waals surface area contributed by atoms with E-state index in [4.69, 9.17) is 14.2 Å². The molecule has 0 radical (unpaired) electrons. The lowest BCUT2D eigenvalue weighted by atomic mass is 9.89. The van der Waals surface area contributed by atoms with E-state index in [1.807, 2.05) is 6.92 Å². The Morgan fingerprint density at radius 2 is 1.50 bits per heavy atom. The molecule has 0 bridgehead atoms. The Bertz CT molecular complexity index is 1440. The van der Waals surface area contributed by atoms with Crippen molar-refractivity contribution in [1.29, 1.82) is 0 Å². The van der Waals surface area contributed by atoms with Crippen LogP contribution in [0.15, 0.2) is 77.2 Å². The largest absolute Gasteiger partial charge is 0.493 e. The number of benzene rings is 3. The van der Waals surface area contributed by atoms with Crippen molar-refractivity contribution >= 4 is 16.0 Å². The summed E-state index contributed by atoms with van der Waals surface area (Å²) in [6, 6.07) is 12.6. The second kappa shape index (κ2) is 10.8. The maximum Gasteiger partial charge on any atom is 0.333 e. The van der Waals surface area contributed by atoms with Gasteiger partial charge in [0.15, 0.2) is 11.5 Å². The fraction of sp³-hybridized carbons (Fsp3) is 0.250. The molecule has 38 heavy (non-hydrogen) atoms. The number of halogens is 1. The Kier molecular flexibility index (Phi) is 7.75. The van der Waals surface area contributed by atoms with E-state index in [2.05, 4.69) is 0 Å². The number of carbonyl (C=O) groups is 1. The summed E-state index contributed by atoms with van der Waals surface area (Å²) in [5, 5.41) is 10.1. The molecule has 0 saturated carbocycles. The van der Waals surface area contributed by atoms with Crippen LogP contribution < -0.4 is 14.2 Å². The molecule has 200 valence electrons. The molecule has 0 saturated heterocycles. The molecule has 1 N–H and O–H groups in total. The zero-order chi connectivity index (χ0) is 27.6. The van der Waals surface area contributed by atoms with Gasteiger partial charge in [0.25, 0.3) is 0 Å². The second-order valence-corrected chi connectivity index (χ2v) is 10.6. The molecule has 1 aliphatic rings. The minimum absolute atomic E-state index is 0.000655. The fourth-order valence-corrected chi connectivity index (χ4v) is 6.44. The van der Waals surface area contributed by atoms with Crippen molar-refractivity contribution in [3.8, 4) is 17.2 Å². The highest BCUT2D eigenvalue weighted by molar-refractivity contribution is 7.89. The predicted molar refractivity (Wildman–Crippen MR) is 139 cm³/mol. The van der Waals surface area contributed by atoms with Gasteiger partial charge < -0.3 is 19.3 Å². The maximum atomic E-state index is 14.3. The summed E-state index contributed by atoms with van der Waals surface area (Å²) in [5.74, 6) is -0.826. The number of carboxylic acids is 1. The number of aliphatic carboxylic acids is 1. The summed E-state index contributed by atoms with van der Waals surface area (Å²) in [6.45, 7) is 1.84. The van der Waals surface area contributed by atoms with Gasteiger partial charge in [-0.25, -0.2) is 17.6 Å². The first-order chi connectivity index (χ1) is 18.1. The smallest absolute Gasteiger partial charge is 0.333 e. The Balaban J connectivity index is 2.01. The normalized spacial score (nSPS) is 18.0. The third-order valence-electron chi connectivity index (χ3n) is 6.52. The Hall–Kier alpha value is -3.89. The number of methoxy groups -OCH3 is 3. The number of nitrogens with zero attached hydrogens (tertiary/aromatic N) is 1. The highest BCUT2D eigenvalue weighted by atomic mass is 32.2. The molecule has 1 aliphatic heterocycles. The van der Waals surface area contributed by atoms with E-state index >= 15 is 0 Å². The van der Waals surface area contributed by atoms with Gasteiger partial charge in [-0.1, -0.05) is 35.9 Å². The topological polar surface area (TPSA) is 102 Å². The number of ether oxygens (including phenoxy) is 3. The summed E-state index contributed by atoms with van der Waals surface area (Å²) >= 11 is 0. The van der Waals surface area contributed by atoms with Gasteiger partial charge in [-0.15, -0.1) is 0 Å². The van der Waals surface area contributed by atoms with Crippen LogP contribution in [0.1, 0.15) is 35.2 Å². The first-order valence-corrected chi connectivity index (χ1v) is 13.1. The predicted octanol–water partition coefficient (Wildman–Crippen LogP) is 5.05. The molecule has 1 heterocycles. The molecule has 8 nitrogen and oxygen atoms in total. The minimum Gasteiger partial charge on any atom is -0.493 e. The van der Waals surface area contributed by atoms with Gasteiger partial charge in [0.2, 0.25) is 15.8 Å². The van der Waals surface area contributed by atoms with Crippen molar-refractivity contribution in [3.05, 3.63) is 94.8 Å². The molecular weight excluding hydrogens is 513 g/mol. The number of hydrogen-bond donors (Lipinski definition) is 1. The van der Waals surface area contributed by atoms with Gasteiger partial charge >= 0.3 is 5.97 Å². The number of carboxylic acid groups (broad SMARTS) is 1. The zero-order valence-electron chi connectivity index (χ0n) is 21.3. The van der Waals surface area contributed by atoms with Crippen LogP contribution in [0, 0.1) is 12.7 Å². The van der Waals surface area contributed by atoms with Crippen molar-refractivity contribution in [2.45, 2.75) is 30.3 Å². The quantitative estimate of drug-likeness (QED) is 0.426. The van der Waals surface area contributed by atoms with Crippen molar-refractivity contribution in [2.75, 3.05) is 21.3 Å². The van der Waals surface area contributed by atoms with Gasteiger partial charge in [0.05, 0.1) is 43.9 Å². The molecule has 3 aromatic carbocycles. The van der Waals surface area contributed by atoms with Crippen LogP contribution in [-0.4, -0.2) is 45.1 Å². The minimum atomic E-state index is -4.28. The summed E-state index contributed by atoms with van der Waals surface area (Å²) in [5.41, 5.74) is 1.55. The maximum absolute atomic E-state index is 14.3. The van der Waals surface area contributed by atoms with E-state index in [-0.39, 0.29) is 16.9 Å². The van der Waals surface area contributed by atoms with Crippen molar-refractivity contribution in [2.24, 2.45) is 0 Å². The van der Waals surface area contributed by atoms with E-state index in [0.717, 1.165) is 5.56 Å². The molecule has 10 heteroatoms. The first-order valence-electron chi connectivity index (χ1n) is 11.7. The van der Waals surface area contributed by atoms with Gasteiger partial charge in [0, 0.05) is 0 Å². The average Bonchev–Trinajstić information content (AvgIpc) is 2.91. The average molecular weight is 542 g/mol. The van der Waals surface area contributed by atoms with Gasteiger partial charge in [-0.05, 0) is 60.9 Å². The molecule has 0 fully saturated rings. The van der Waals surface area contributed by atoms with E-state index in [0.29, 0.717) is 28.4 Å². The van der Waals surface area contributed by atoms with Crippen molar-refractivity contribution in [3.63, 3.8) is 0 Å². The lowest BCUT2D eigenvalue weighted by Gasteiger charge is -2.40. The summed E-state index contributed by atoms with van der Waals surface area (Å²) < 4.78 is 59.9. The molecule has 0 aromatic heterocycles. The molecule has 0 unspecified atom stereocenters. The van der Waals surface area contributed by atoms with Gasteiger partial charge in [-0.3, -0.25) is 0 Å². The van der Waals surface area contributed by atoms with Crippen molar-refractivity contribution in [1.82, 2.24) is 4.31 Å². The van der Waals surface area contributed by atoms with Crippen LogP contribution in [0.3, 0.4) is 0 Å². The fourth-order valence-electron chi connectivity index (χ4n) is 4.66. The van der Waals surface area contributed by atoms with Crippen LogP contribution in [-0.2, 0) is 14.8 Å². The van der Waals surface area contributed by atoms with Crippen LogP contribution in [0.4, 0.5) is 4.39 Å². The van der Waals surface area contributed by atoms with Crippen LogP contribution in [0.2, 0.25) is 0 Å². The molecule has 2 atom stereocenters. The third-order valence-corrected chi connectivity index (χ3v) is 8.41. The van der Waals surface area contributed by atoms with Gasteiger partial charge in [-0.2, -0.15) is 4.31 Å². The van der Waals surface area contributed by atoms with E-state index in [9.17, 15) is 22.7 Å². The summed E-state index contributed by atoms with van der Waals surface area (Å²) in [7, 11) is 0.0791. The Labute approximate surface area is 220 Å². The first kappa shape index (κ1) is 27.2. The van der Waals surface area contributed by atoms with E-state index in [1.165, 1.54) is 68.1 Å². The lowest BCUT2D eigenvalue weighted by molar-refractivity contribution is -0.133. The number of rotatable bonds is 8. The third kappa shape index (κ3) is 4.97. The highest BCUT2D eigenvalue weighted by Crippen LogP contribution is 2.48. The van der Waals surface area contributed by atoms with E-state index in [1.54, 1.807) is 24.3 Å². The van der Waals surface area contributed by atoms with Crippen LogP contribution in [0.25, 0.3) is 0 Å². The lowest BCUT2D eigenvalue weighted by Crippen LogP contribution is -2.42. The highest BCUT2D eigenvalue weighted by Gasteiger charge is 2.45. The van der Waals surface area contributed by atoms with Crippen molar-refractivity contribution < 1.29 is 36.9 Å². The molecule has 0 spiro atoms. The molecule has 3 aromatic rings. The standard InChI is InChI=1S/C28H28FNO7S/c1-17-5-11-21(12-6-17)38(33,34)30-23(19-15-24(35-2)27(37-4)25(16-19)36-3)14-13-22(28(31)32)26(30)18-7-9-20(29)10-8-18/h5-13,15-16,23,26H,14H2,1-4H3,(H,31,32)/t23-,26-/m0/s1. The summed E-state index contributed by atoms with van der Waals surface area (Å²) in [4.78, 5) is 12.4. The molecular formula is C28H28FNO7S. The summed E-state index contributed by atoms with van der Waals surface area (Å²) in [6.07, 6.45) is 1.56. The molecule has 0 amide bonds. The Morgan fingerprint density at radius 3 is 2.00 bits per heavy atom. The van der Waals surface area contributed by atoms with Crippen LogP contribution in [0.5, 0.6) is 17.2 Å². The Morgan fingerprint density at radius 1 is 0.921 bits per heavy atom. The number of sulfonamides is 1. The van der Waals surface area contributed by atoms with E-state index < -0.39 is 33.9 Å². The number of aryl methyl sites for hydroxylation is 1. The monoisotopic (exact) mass is 541 g/mol.